The topological polar surface area (TPSA) is 58.6 Å². The minimum absolute atomic E-state index is 0.0991. The molecule has 0 radical (unpaired) electrons. The second kappa shape index (κ2) is 9.45. The van der Waals surface area contributed by atoms with E-state index < -0.39 is 0 Å². The molecular weight excluding hydrogens is 408 g/mol. The molecule has 1 N–H and O–H groups in total. The minimum atomic E-state index is -0.143. The van der Waals surface area contributed by atoms with Gasteiger partial charge in [0.2, 0.25) is 5.91 Å². The predicted octanol–water partition coefficient (Wildman–Crippen LogP) is 4.55. The number of hydrogen-bond acceptors (Lipinski definition) is 5. The normalized spacial score (nSPS) is 13.5. The van der Waals surface area contributed by atoms with Crippen LogP contribution in [0.15, 0.2) is 54.6 Å². The summed E-state index contributed by atoms with van der Waals surface area (Å²) in [5.41, 5.74) is 3.64. The van der Waals surface area contributed by atoms with E-state index in [1.807, 2.05) is 31.2 Å². The van der Waals surface area contributed by atoms with Crippen LogP contribution in [0.1, 0.15) is 38.8 Å². The van der Waals surface area contributed by atoms with Gasteiger partial charge < -0.3 is 10.1 Å². The smallest absolute Gasteiger partial charge is 0.239 e. The first-order chi connectivity index (χ1) is 15.1. The lowest BCUT2D eigenvalue weighted by molar-refractivity contribution is -0.117. The highest BCUT2D eigenvalue weighted by Gasteiger charge is 2.23. The molecule has 31 heavy (non-hydrogen) atoms. The van der Waals surface area contributed by atoms with E-state index in [9.17, 15) is 9.59 Å². The first kappa shape index (κ1) is 21.3. The van der Waals surface area contributed by atoms with Crippen molar-refractivity contribution in [3.63, 3.8) is 0 Å². The van der Waals surface area contributed by atoms with Gasteiger partial charge in [0, 0.05) is 18.0 Å². The van der Waals surface area contributed by atoms with Crippen molar-refractivity contribution in [1.29, 1.82) is 0 Å². The van der Waals surface area contributed by atoms with Gasteiger partial charge in [-0.1, -0.05) is 43.3 Å². The molecule has 5 nitrogen and oxygen atoms in total. The van der Waals surface area contributed by atoms with E-state index in [0.717, 1.165) is 30.8 Å². The Hall–Kier alpha value is -2.96. The van der Waals surface area contributed by atoms with Crippen molar-refractivity contribution in [3.05, 3.63) is 81.7 Å². The Morgan fingerprint density at radius 2 is 1.81 bits per heavy atom. The highest BCUT2D eigenvalue weighted by atomic mass is 32.1. The quantitative estimate of drug-likeness (QED) is 0.555. The second-order valence-electron chi connectivity index (χ2n) is 7.62. The van der Waals surface area contributed by atoms with Crippen LogP contribution >= 0.6 is 11.3 Å². The lowest BCUT2D eigenvalue weighted by atomic mass is 10.00. The summed E-state index contributed by atoms with van der Waals surface area (Å²) in [6, 6.07) is 17.4. The lowest BCUT2D eigenvalue weighted by Gasteiger charge is -2.28. The number of thiophene rings is 1. The van der Waals surface area contributed by atoms with Crippen molar-refractivity contribution in [2.45, 2.75) is 26.3 Å². The van der Waals surface area contributed by atoms with E-state index in [0.29, 0.717) is 28.4 Å². The summed E-state index contributed by atoms with van der Waals surface area (Å²) in [5, 5.41) is 3.61. The van der Waals surface area contributed by atoms with Crippen LogP contribution in [0.5, 0.6) is 5.75 Å². The summed E-state index contributed by atoms with van der Waals surface area (Å²) in [6.07, 6.45) is 1.75. The Morgan fingerprint density at radius 3 is 2.58 bits per heavy atom. The van der Waals surface area contributed by atoms with Crippen LogP contribution in [0.4, 0.5) is 5.00 Å². The molecule has 0 saturated heterocycles. The average molecular weight is 435 g/mol. The van der Waals surface area contributed by atoms with Gasteiger partial charge >= 0.3 is 0 Å². The molecule has 2 heterocycles. The van der Waals surface area contributed by atoms with Crippen LogP contribution in [0, 0.1) is 0 Å². The fourth-order valence-electron chi connectivity index (χ4n) is 3.91. The molecule has 1 amide bonds. The number of anilines is 1. The molecule has 0 spiro atoms. The SMILES string of the molecule is CCc1cc(C(=O)c2ccccc2OC)c(NC(=O)CN2CCc3ccccc3C2)s1. The minimum Gasteiger partial charge on any atom is -0.496 e. The maximum atomic E-state index is 13.2. The molecule has 0 atom stereocenters. The van der Waals surface area contributed by atoms with Crippen molar-refractivity contribution in [1.82, 2.24) is 4.90 Å². The zero-order valence-corrected chi connectivity index (χ0v) is 18.6. The number of aryl methyl sites for hydroxylation is 1. The molecule has 0 saturated carbocycles. The zero-order valence-electron chi connectivity index (χ0n) is 17.8. The van der Waals surface area contributed by atoms with Crippen molar-refractivity contribution >= 4 is 28.0 Å². The molecular formula is C25H26N2O3S. The number of nitrogens with zero attached hydrogens (tertiary/aromatic N) is 1. The number of ether oxygens (including phenoxy) is 1. The number of benzene rings is 2. The Balaban J connectivity index is 1.50. The third-order valence-electron chi connectivity index (χ3n) is 5.56. The van der Waals surface area contributed by atoms with Crippen LogP contribution in [0.2, 0.25) is 0 Å². The third kappa shape index (κ3) is 4.70. The highest BCUT2D eigenvalue weighted by molar-refractivity contribution is 7.16. The number of hydrogen-bond donors (Lipinski definition) is 1. The molecule has 4 rings (SSSR count). The molecule has 0 unspecified atom stereocenters. The van der Waals surface area contributed by atoms with Gasteiger partial charge in [0.05, 0.1) is 24.8 Å². The van der Waals surface area contributed by atoms with E-state index in [2.05, 4.69) is 28.4 Å². The molecule has 1 aliphatic heterocycles. The highest BCUT2D eigenvalue weighted by Crippen LogP contribution is 2.32. The standard InChI is InChI=1S/C25H26N2O3S/c1-3-19-14-21(24(29)20-10-6-7-11-22(20)30-2)25(31-19)26-23(28)16-27-13-12-17-8-4-5-9-18(17)15-27/h4-11,14H,3,12-13,15-16H2,1-2H3,(H,26,28). The van der Waals surface area contributed by atoms with Gasteiger partial charge in [-0.05, 0) is 42.2 Å². The van der Waals surface area contributed by atoms with Crippen LogP contribution in [-0.2, 0) is 24.2 Å². The predicted molar refractivity (Wildman–Crippen MR) is 124 cm³/mol. The summed E-state index contributed by atoms with van der Waals surface area (Å²) >= 11 is 1.46. The number of rotatable bonds is 7. The van der Waals surface area contributed by atoms with Crippen LogP contribution < -0.4 is 10.1 Å². The number of carbonyl (C=O) groups excluding carboxylic acids is 2. The maximum Gasteiger partial charge on any atom is 0.239 e. The van der Waals surface area contributed by atoms with Gasteiger partial charge in [-0.3, -0.25) is 14.5 Å². The van der Waals surface area contributed by atoms with Crippen LogP contribution in [0.25, 0.3) is 0 Å². The average Bonchev–Trinajstić information content (AvgIpc) is 3.21. The number of para-hydroxylation sites is 1. The summed E-state index contributed by atoms with van der Waals surface area (Å²) in [4.78, 5) is 29.3. The van der Waals surface area contributed by atoms with Gasteiger partial charge in [0.15, 0.2) is 5.78 Å². The Labute approximate surface area is 186 Å². The molecule has 1 aliphatic rings. The number of fused-ring (bicyclic) bond motifs is 1. The maximum absolute atomic E-state index is 13.2. The third-order valence-corrected chi connectivity index (χ3v) is 6.75. The zero-order chi connectivity index (χ0) is 21.8. The second-order valence-corrected chi connectivity index (χ2v) is 8.75. The Morgan fingerprint density at radius 1 is 1.06 bits per heavy atom. The molecule has 2 aromatic carbocycles. The Kier molecular flexibility index (Phi) is 6.49. The van der Waals surface area contributed by atoms with Gasteiger partial charge in [0.25, 0.3) is 0 Å². The van der Waals surface area contributed by atoms with Gasteiger partial charge in [-0.2, -0.15) is 0 Å². The molecule has 0 bridgehead atoms. The molecule has 3 aromatic rings. The Bertz CT molecular complexity index is 1110. The summed E-state index contributed by atoms with van der Waals surface area (Å²) < 4.78 is 5.36. The summed E-state index contributed by atoms with van der Waals surface area (Å²) in [5.74, 6) is 0.287. The van der Waals surface area contributed by atoms with Crippen LogP contribution in [-0.4, -0.2) is 36.8 Å². The van der Waals surface area contributed by atoms with Crippen LogP contribution in [0.3, 0.4) is 0 Å². The van der Waals surface area contributed by atoms with E-state index in [4.69, 9.17) is 4.74 Å². The fraction of sp³-hybridized carbons (Fsp3) is 0.280. The van der Waals surface area contributed by atoms with Crippen molar-refractivity contribution in [3.8, 4) is 5.75 Å². The van der Waals surface area contributed by atoms with Crippen molar-refractivity contribution in [2.75, 3.05) is 25.5 Å². The molecule has 0 fully saturated rings. The number of amides is 1. The van der Waals surface area contributed by atoms with E-state index in [-0.39, 0.29) is 11.7 Å². The van der Waals surface area contributed by atoms with Gasteiger partial charge in [0.1, 0.15) is 10.8 Å². The summed E-state index contributed by atoms with van der Waals surface area (Å²) in [7, 11) is 1.55. The monoisotopic (exact) mass is 434 g/mol. The molecule has 160 valence electrons. The van der Waals surface area contributed by atoms with Gasteiger partial charge in [-0.15, -0.1) is 11.3 Å². The van der Waals surface area contributed by atoms with E-state index >= 15 is 0 Å². The first-order valence-electron chi connectivity index (χ1n) is 10.5. The fourth-order valence-corrected chi connectivity index (χ4v) is 4.92. The number of nitrogens with one attached hydrogen (secondary N) is 1. The first-order valence-corrected chi connectivity index (χ1v) is 11.3. The molecule has 6 heteroatoms. The van der Waals surface area contributed by atoms with E-state index in [1.165, 1.54) is 22.5 Å². The summed E-state index contributed by atoms with van der Waals surface area (Å²) in [6.45, 7) is 3.96. The number of ketones is 1. The van der Waals surface area contributed by atoms with Crippen molar-refractivity contribution < 1.29 is 14.3 Å². The molecule has 1 aromatic heterocycles. The molecule has 0 aliphatic carbocycles. The largest absolute Gasteiger partial charge is 0.496 e. The van der Waals surface area contributed by atoms with Gasteiger partial charge in [-0.25, -0.2) is 0 Å². The number of methoxy groups -OCH3 is 1. The lowest BCUT2D eigenvalue weighted by Crippen LogP contribution is -2.37. The van der Waals surface area contributed by atoms with E-state index in [1.54, 1.807) is 19.2 Å². The number of carbonyl (C=O) groups is 2. The van der Waals surface area contributed by atoms with Crippen molar-refractivity contribution in [2.24, 2.45) is 0 Å².